The minimum absolute atomic E-state index is 0.00707. The summed E-state index contributed by atoms with van der Waals surface area (Å²) in [5.41, 5.74) is 1.69. The Hall–Kier alpha value is -2.17. The quantitative estimate of drug-likeness (QED) is 0.787. The van der Waals surface area contributed by atoms with Gasteiger partial charge in [-0.2, -0.15) is 0 Å². The third kappa shape index (κ3) is 2.23. The van der Waals surface area contributed by atoms with Gasteiger partial charge in [0, 0.05) is 36.7 Å². The number of imidazole rings is 1. The van der Waals surface area contributed by atoms with Gasteiger partial charge < -0.3 is 4.90 Å². The smallest absolute Gasteiger partial charge is 0.321 e. The van der Waals surface area contributed by atoms with E-state index in [-0.39, 0.29) is 6.03 Å². The van der Waals surface area contributed by atoms with Crippen LogP contribution in [0.2, 0.25) is 0 Å². The number of aromatic nitrogens is 3. The Morgan fingerprint density at radius 3 is 3.05 bits per heavy atom. The van der Waals surface area contributed by atoms with Gasteiger partial charge in [-0.25, -0.2) is 9.78 Å². The van der Waals surface area contributed by atoms with Crippen molar-refractivity contribution in [3.05, 3.63) is 37.1 Å². The molecule has 1 atom stereocenters. The maximum atomic E-state index is 12.3. The minimum atomic E-state index is 0.00707. The average molecular weight is 256 g/mol. The Bertz CT molecular complexity index is 578. The Labute approximate surface area is 111 Å². The molecule has 5 heteroatoms. The van der Waals surface area contributed by atoms with Crippen molar-refractivity contribution < 1.29 is 4.79 Å². The molecule has 0 radical (unpaired) electrons. The van der Waals surface area contributed by atoms with Crippen LogP contribution < -0.4 is 0 Å². The molecule has 3 rings (SSSR count). The van der Waals surface area contributed by atoms with Gasteiger partial charge >= 0.3 is 6.03 Å². The normalized spacial score (nSPS) is 18.8. The van der Waals surface area contributed by atoms with Crippen molar-refractivity contribution in [1.82, 2.24) is 19.4 Å². The van der Waals surface area contributed by atoms with Crippen molar-refractivity contribution in [3.63, 3.8) is 0 Å². The molecule has 1 fully saturated rings. The lowest BCUT2D eigenvalue weighted by atomic mass is 10.2. The Morgan fingerprint density at radius 1 is 1.47 bits per heavy atom. The van der Waals surface area contributed by atoms with Crippen LogP contribution in [0, 0.1) is 0 Å². The van der Waals surface area contributed by atoms with E-state index in [2.05, 4.69) is 16.9 Å². The van der Waals surface area contributed by atoms with Gasteiger partial charge in [0.25, 0.3) is 0 Å². The zero-order valence-electron chi connectivity index (χ0n) is 10.9. The number of rotatable bonds is 1. The molecular weight excluding hydrogens is 240 g/mol. The Morgan fingerprint density at radius 2 is 2.37 bits per heavy atom. The lowest BCUT2D eigenvalue weighted by molar-refractivity contribution is 0.198. The summed E-state index contributed by atoms with van der Waals surface area (Å²) in [4.78, 5) is 22.6. The number of hydrogen-bond donors (Lipinski definition) is 0. The molecule has 1 unspecified atom stereocenters. The largest absolute Gasteiger partial charge is 0.329 e. The standard InChI is InChI=1S/C14H16N4O/c1-11-4-3-7-18(11)14(19)17-9-13(16-10-17)12-5-2-6-15-8-12/h2,5-6,8-11H,3-4,7H2,1H3. The van der Waals surface area contributed by atoms with Gasteiger partial charge in [-0.05, 0) is 31.9 Å². The molecule has 2 aromatic rings. The first kappa shape index (κ1) is 11.9. The highest BCUT2D eigenvalue weighted by molar-refractivity contribution is 5.78. The van der Waals surface area contributed by atoms with Crippen LogP contribution in [0.5, 0.6) is 0 Å². The van der Waals surface area contributed by atoms with E-state index >= 15 is 0 Å². The van der Waals surface area contributed by atoms with Gasteiger partial charge in [0.15, 0.2) is 0 Å². The molecule has 0 bridgehead atoms. The second-order valence-corrected chi connectivity index (χ2v) is 4.88. The van der Waals surface area contributed by atoms with Gasteiger partial charge in [-0.15, -0.1) is 0 Å². The van der Waals surface area contributed by atoms with E-state index in [4.69, 9.17) is 0 Å². The first-order chi connectivity index (χ1) is 9.25. The van der Waals surface area contributed by atoms with Crippen LogP contribution >= 0.6 is 0 Å². The molecule has 0 spiro atoms. The van der Waals surface area contributed by atoms with Gasteiger partial charge in [0.05, 0.1) is 5.69 Å². The number of carbonyl (C=O) groups excluding carboxylic acids is 1. The van der Waals surface area contributed by atoms with Crippen molar-refractivity contribution in [1.29, 1.82) is 0 Å². The molecule has 2 aromatic heterocycles. The van der Waals surface area contributed by atoms with Crippen LogP contribution in [0.25, 0.3) is 11.3 Å². The van der Waals surface area contributed by atoms with E-state index in [0.717, 1.165) is 30.6 Å². The summed E-state index contributed by atoms with van der Waals surface area (Å²) < 4.78 is 1.56. The predicted octanol–water partition coefficient (Wildman–Crippen LogP) is 2.40. The van der Waals surface area contributed by atoms with E-state index in [0.29, 0.717) is 6.04 Å². The third-order valence-corrected chi connectivity index (χ3v) is 3.56. The van der Waals surface area contributed by atoms with Gasteiger partial charge in [0.1, 0.15) is 6.33 Å². The molecule has 5 nitrogen and oxygen atoms in total. The molecule has 0 saturated carbocycles. The summed E-state index contributed by atoms with van der Waals surface area (Å²) in [6.07, 6.45) is 8.97. The number of carbonyl (C=O) groups is 1. The second kappa shape index (κ2) is 4.84. The average Bonchev–Trinajstić information content (AvgIpc) is 3.08. The van der Waals surface area contributed by atoms with Crippen molar-refractivity contribution >= 4 is 6.03 Å². The van der Waals surface area contributed by atoms with Crippen LogP contribution in [0.15, 0.2) is 37.1 Å². The molecule has 1 aliphatic heterocycles. The molecule has 19 heavy (non-hydrogen) atoms. The van der Waals surface area contributed by atoms with E-state index in [9.17, 15) is 4.79 Å². The van der Waals surface area contributed by atoms with E-state index < -0.39 is 0 Å². The summed E-state index contributed by atoms with van der Waals surface area (Å²) in [5, 5.41) is 0. The van der Waals surface area contributed by atoms with Crippen LogP contribution in [0.3, 0.4) is 0 Å². The highest BCUT2D eigenvalue weighted by atomic mass is 16.2. The molecule has 0 aliphatic carbocycles. The van der Waals surface area contributed by atoms with Crippen molar-refractivity contribution in [3.8, 4) is 11.3 Å². The van der Waals surface area contributed by atoms with Gasteiger partial charge in [-0.1, -0.05) is 0 Å². The third-order valence-electron chi connectivity index (χ3n) is 3.56. The first-order valence-corrected chi connectivity index (χ1v) is 6.51. The van der Waals surface area contributed by atoms with Crippen LogP contribution in [0.1, 0.15) is 19.8 Å². The lowest BCUT2D eigenvalue weighted by Gasteiger charge is -2.20. The van der Waals surface area contributed by atoms with E-state index in [1.165, 1.54) is 0 Å². The van der Waals surface area contributed by atoms with Crippen molar-refractivity contribution in [2.45, 2.75) is 25.8 Å². The zero-order chi connectivity index (χ0) is 13.2. The summed E-state index contributed by atoms with van der Waals surface area (Å²) in [5.74, 6) is 0. The summed E-state index contributed by atoms with van der Waals surface area (Å²) in [6, 6.07) is 4.12. The zero-order valence-corrected chi connectivity index (χ0v) is 10.9. The molecular formula is C14H16N4O. The lowest BCUT2D eigenvalue weighted by Crippen LogP contribution is -2.36. The second-order valence-electron chi connectivity index (χ2n) is 4.88. The van der Waals surface area contributed by atoms with E-state index in [1.54, 1.807) is 29.5 Å². The number of hydrogen-bond acceptors (Lipinski definition) is 3. The van der Waals surface area contributed by atoms with Gasteiger partial charge in [-0.3, -0.25) is 9.55 Å². The highest BCUT2D eigenvalue weighted by Gasteiger charge is 2.26. The fraction of sp³-hybridized carbons (Fsp3) is 0.357. The number of nitrogens with zero attached hydrogens (tertiary/aromatic N) is 4. The van der Waals surface area contributed by atoms with Gasteiger partial charge in [0.2, 0.25) is 0 Å². The predicted molar refractivity (Wildman–Crippen MR) is 71.7 cm³/mol. The summed E-state index contributed by atoms with van der Waals surface area (Å²) in [6.45, 7) is 2.92. The molecule has 0 N–H and O–H groups in total. The van der Waals surface area contributed by atoms with Crippen molar-refractivity contribution in [2.24, 2.45) is 0 Å². The highest BCUT2D eigenvalue weighted by Crippen LogP contribution is 2.19. The monoisotopic (exact) mass is 256 g/mol. The summed E-state index contributed by atoms with van der Waals surface area (Å²) in [7, 11) is 0. The fourth-order valence-corrected chi connectivity index (χ4v) is 2.46. The maximum Gasteiger partial charge on any atom is 0.329 e. The topological polar surface area (TPSA) is 51.0 Å². The Balaban J connectivity index is 1.83. The first-order valence-electron chi connectivity index (χ1n) is 6.51. The maximum absolute atomic E-state index is 12.3. The number of amides is 1. The molecule has 3 heterocycles. The molecule has 1 aliphatic rings. The van der Waals surface area contributed by atoms with Crippen LogP contribution in [-0.2, 0) is 0 Å². The SMILES string of the molecule is CC1CCCN1C(=O)n1cnc(-c2cccnc2)c1. The minimum Gasteiger partial charge on any atom is -0.321 e. The molecule has 98 valence electrons. The van der Waals surface area contributed by atoms with Crippen LogP contribution in [-0.4, -0.2) is 38.1 Å². The van der Waals surface area contributed by atoms with Crippen molar-refractivity contribution in [2.75, 3.05) is 6.54 Å². The molecule has 0 aromatic carbocycles. The fourth-order valence-electron chi connectivity index (χ4n) is 2.46. The molecule has 1 saturated heterocycles. The summed E-state index contributed by atoms with van der Waals surface area (Å²) >= 11 is 0. The number of pyridine rings is 1. The number of likely N-dealkylation sites (tertiary alicyclic amines) is 1. The van der Waals surface area contributed by atoms with E-state index in [1.807, 2.05) is 17.0 Å². The van der Waals surface area contributed by atoms with Crippen LogP contribution in [0.4, 0.5) is 4.79 Å². The molecule has 1 amide bonds. The Kier molecular flexibility index (Phi) is 3.03.